The molecule has 0 saturated carbocycles. The number of aryl methyl sites for hydroxylation is 1. The van der Waals surface area contributed by atoms with Crippen molar-refractivity contribution in [2.24, 2.45) is 5.92 Å². The fraction of sp³-hybridized carbons (Fsp3) is 0.409. The molecule has 1 N–H and O–H groups in total. The second kappa shape index (κ2) is 8.63. The van der Waals surface area contributed by atoms with E-state index in [0.717, 1.165) is 37.4 Å². The van der Waals surface area contributed by atoms with Crippen LogP contribution < -0.4 is 10.2 Å². The SMILES string of the molecule is Cc1ccc(CN2CCSc3ccc(C(=O)NCCC(C)C)cc32)cc1. The van der Waals surface area contributed by atoms with Gasteiger partial charge in [0.2, 0.25) is 0 Å². The molecule has 2 aromatic rings. The van der Waals surface area contributed by atoms with Gasteiger partial charge in [0, 0.05) is 35.8 Å². The van der Waals surface area contributed by atoms with Crippen LogP contribution in [0, 0.1) is 12.8 Å². The zero-order valence-electron chi connectivity index (χ0n) is 15.9. The Hall–Kier alpha value is -1.94. The molecule has 0 atom stereocenters. The minimum Gasteiger partial charge on any atom is -0.365 e. The van der Waals surface area contributed by atoms with E-state index in [2.05, 4.69) is 67.4 Å². The van der Waals surface area contributed by atoms with E-state index in [1.807, 2.05) is 17.8 Å². The van der Waals surface area contributed by atoms with Crippen LogP contribution in [-0.2, 0) is 6.54 Å². The molecule has 0 aromatic heterocycles. The molecular formula is C22H28N2OS. The topological polar surface area (TPSA) is 32.3 Å². The van der Waals surface area contributed by atoms with Crippen molar-refractivity contribution < 1.29 is 4.79 Å². The lowest BCUT2D eigenvalue weighted by atomic mass is 10.1. The predicted octanol–water partition coefficient (Wildman–Crippen LogP) is 4.88. The molecule has 4 heteroatoms. The van der Waals surface area contributed by atoms with Crippen molar-refractivity contribution in [3.8, 4) is 0 Å². The van der Waals surface area contributed by atoms with Crippen LogP contribution in [0.25, 0.3) is 0 Å². The van der Waals surface area contributed by atoms with Gasteiger partial charge in [-0.2, -0.15) is 0 Å². The average molecular weight is 369 g/mol. The first kappa shape index (κ1) is 18.8. The fourth-order valence-corrected chi connectivity index (χ4v) is 4.10. The number of anilines is 1. The summed E-state index contributed by atoms with van der Waals surface area (Å²) in [6.07, 6.45) is 1.01. The first-order chi connectivity index (χ1) is 12.5. The molecule has 0 spiro atoms. The molecule has 3 nitrogen and oxygen atoms in total. The van der Waals surface area contributed by atoms with Crippen LogP contribution in [-0.4, -0.2) is 24.7 Å². The summed E-state index contributed by atoms with van der Waals surface area (Å²) < 4.78 is 0. The third-order valence-corrected chi connectivity index (χ3v) is 5.72. The largest absolute Gasteiger partial charge is 0.365 e. The summed E-state index contributed by atoms with van der Waals surface area (Å²) in [4.78, 5) is 16.1. The summed E-state index contributed by atoms with van der Waals surface area (Å²) in [5.41, 5.74) is 4.52. The van der Waals surface area contributed by atoms with Crippen LogP contribution >= 0.6 is 11.8 Å². The molecule has 1 amide bonds. The van der Waals surface area contributed by atoms with Crippen LogP contribution in [0.4, 0.5) is 5.69 Å². The van der Waals surface area contributed by atoms with Gasteiger partial charge in [-0.3, -0.25) is 4.79 Å². The Balaban J connectivity index is 1.74. The van der Waals surface area contributed by atoms with E-state index in [1.54, 1.807) is 0 Å². The van der Waals surface area contributed by atoms with E-state index in [4.69, 9.17) is 0 Å². The van der Waals surface area contributed by atoms with E-state index in [0.29, 0.717) is 5.92 Å². The highest BCUT2D eigenvalue weighted by molar-refractivity contribution is 7.99. The summed E-state index contributed by atoms with van der Waals surface area (Å²) in [7, 11) is 0. The van der Waals surface area contributed by atoms with Gasteiger partial charge in [0.1, 0.15) is 0 Å². The minimum absolute atomic E-state index is 0.0271. The van der Waals surface area contributed by atoms with Crippen LogP contribution in [0.5, 0.6) is 0 Å². The first-order valence-corrected chi connectivity index (χ1v) is 10.4. The number of thioether (sulfide) groups is 1. The van der Waals surface area contributed by atoms with Crippen molar-refractivity contribution in [3.63, 3.8) is 0 Å². The third kappa shape index (κ3) is 4.82. The lowest BCUT2D eigenvalue weighted by Gasteiger charge is -2.31. The van der Waals surface area contributed by atoms with Gasteiger partial charge in [-0.15, -0.1) is 11.8 Å². The molecule has 2 aromatic carbocycles. The summed E-state index contributed by atoms with van der Waals surface area (Å²) in [5, 5.41) is 3.04. The molecule has 26 heavy (non-hydrogen) atoms. The summed E-state index contributed by atoms with van der Waals surface area (Å²) >= 11 is 1.87. The average Bonchev–Trinajstić information content (AvgIpc) is 2.63. The maximum absolute atomic E-state index is 12.5. The Bertz CT molecular complexity index is 755. The van der Waals surface area contributed by atoms with E-state index in [-0.39, 0.29) is 5.91 Å². The minimum atomic E-state index is 0.0271. The molecule has 0 saturated heterocycles. The molecule has 138 valence electrons. The number of carbonyl (C=O) groups excluding carboxylic acids is 1. The van der Waals surface area contributed by atoms with Gasteiger partial charge < -0.3 is 10.2 Å². The fourth-order valence-electron chi connectivity index (χ4n) is 3.07. The number of hydrogen-bond acceptors (Lipinski definition) is 3. The maximum Gasteiger partial charge on any atom is 0.251 e. The first-order valence-electron chi connectivity index (χ1n) is 9.38. The standard InChI is InChI=1S/C22H28N2OS/c1-16(2)10-11-23-22(25)19-8-9-21-20(14-19)24(12-13-26-21)15-18-6-4-17(3)5-7-18/h4-9,14,16H,10-13,15H2,1-3H3,(H,23,25). The molecule has 0 aliphatic carbocycles. The van der Waals surface area contributed by atoms with Gasteiger partial charge in [0.15, 0.2) is 0 Å². The van der Waals surface area contributed by atoms with Crippen molar-refractivity contribution in [1.82, 2.24) is 5.32 Å². The van der Waals surface area contributed by atoms with E-state index >= 15 is 0 Å². The Kier molecular flexibility index (Phi) is 6.25. The number of amides is 1. The summed E-state index contributed by atoms with van der Waals surface area (Å²) in [6, 6.07) is 14.8. The van der Waals surface area contributed by atoms with Gasteiger partial charge in [0.05, 0.1) is 5.69 Å². The second-order valence-corrected chi connectivity index (χ2v) is 8.51. The second-order valence-electron chi connectivity index (χ2n) is 7.38. The highest BCUT2D eigenvalue weighted by atomic mass is 32.2. The van der Waals surface area contributed by atoms with Crippen molar-refractivity contribution in [2.75, 3.05) is 23.7 Å². The number of nitrogens with one attached hydrogen (secondary N) is 1. The Labute approximate surface area is 161 Å². The number of hydrogen-bond donors (Lipinski definition) is 1. The van der Waals surface area contributed by atoms with E-state index in [1.165, 1.54) is 21.7 Å². The Morgan fingerprint density at radius 2 is 1.96 bits per heavy atom. The lowest BCUT2D eigenvalue weighted by Crippen LogP contribution is -2.30. The Morgan fingerprint density at radius 3 is 2.69 bits per heavy atom. The van der Waals surface area contributed by atoms with Crippen LogP contribution in [0.15, 0.2) is 47.4 Å². The summed E-state index contributed by atoms with van der Waals surface area (Å²) in [5.74, 6) is 1.71. The molecule has 1 aliphatic heterocycles. The van der Waals surface area contributed by atoms with Gasteiger partial charge in [-0.25, -0.2) is 0 Å². The zero-order valence-corrected chi connectivity index (χ0v) is 16.7. The summed E-state index contributed by atoms with van der Waals surface area (Å²) in [6.45, 7) is 9.07. The normalized spacial score (nSPS) is 13.6. The highest BCUT2D eigenvalue weighted by Gasteiger charge is 2.19. The molecular weight excluding hydrogens is 340 g/mol. The monoisotopic (exact) mass is 368 g/mol. The van der Waals surface area contributed by atoms with Crippen LogP contribution in [0.3, 0.4) is 0 Å². The Morgan fingerprint density at radius 1 is 1.19 bits per heavy atom. The van der Waals surface area contributed by atoms with Crippen LogP contribution in [0.1, 0.15) is 41.8 Å². The molecule has 3 rings (SSSR count). The predicted molar refractivity (Wildman–Crippen MR) is 111 cm³/mol. The maximum atomic E-state index is 12.5. The smallest absolute Gasteiger partial charge is 0.251 e. The van der Waals surface area contributed by atoms with Crippen molar-refractivity contribution in [3.05, 3.63) is 59.2 Å². The van der Waals surface area contributed by atoms with Gasteiger partial charge in [-0.05, 0) is 43.0 Å². The van der Waals surface area contributed by atoms with Crippen molar-refractivity contribution in [2.45, 2.75) is 38.6 Å². The molecule has 0 unspecified atom stereocenters. The van der Waals surface area contributed by atoms with Gasteiger partial charge >= 0.3 is 0 Å². The molecule has 1 aliphatic rings. The van der Waals surface area contributed by atoms with Crippen molar-refractivity contribution >= 4 is 23.4 Å². The number of nitrogens with zero attached hydrogens (tertiary/aromatic N) is 1. The molecule has 1 heterocycles. The highest BCUT2D eigenvalue weighted by Crippen LogP contribution is 2.36. The van der Waals surface area contributed by atoms with E-state index in [9.17, 15) is 4.79 Å². The zero-order chi connectivity index (χ0) is 18.5. The molecule has 0 radical (unpaired) electrons. The van der Waals surface area contributed by atoms with Gasteiger partial charge in [-0.1, -0.05) is 43.7 Å². The number of fused-ring (bicyclic) bond motifs is 1. The quantitative estimate of drug-likeness (QED) is 0.788. The van der Waals surface area contributed by atoms with Gasteiger partial charge in [0.25, 0.3) is 5.91 Å². The van der Waals surface area contributed by atoms with E-state index < -0.39 is 0 Å². The molecule has 0 fully saturated rings. The molecule has 0 bridgehead atoms. The third-order valence-electron chi connectivity index (χ3n) is 4.68. The number of carbonyl (C=O) groups is 1. The van der Waals surface area contributed by atoms with Crippen LogP contribution in [0.2, 0.25) is 0 Å². The van der Waals surface area contributed by atoms with Crippen molar-refractivity contribution in [1.29, 1.82) is 0 Å². The number of rotatable bonds is 6. The number of benzene rings is 2. The lowest BCUT2D eigenvalue weighted by molar-refractivity contribution is 0.0952.